The van der Waals surface area contributed by atoms with Crippen LogP contribution in [0.5, 0.6) is 0 Å². The van der Waals surface area contributed by atoms with Crippen LogP contribution in [-0.2, 0) is 0 Å². The third kappa shape index (κ3) is 2.83. The van der Waals surface area contributed by atoms with Crippen molar-refractivity contribution < 1.29 is 9.31 Å². The van der Waals surface area contributed by atoms with Gasteiger partial charge in [-0.2, -0.15) is 11.8 Å². The average molecular weight is 284 g/mol. The molecule has 0 aliphatic heterocycles. The SMILES string of the molecule is CSC1(CNc2cc(C)c(F)cc2[N+](=O)[O-])CCC1. The summed E-state index contributed by atoms with van der Waals surface area (Å²) in [5.74, 6) is -0.541. The fraction of sp³-hybridized carbons (Fsp3) is 0.538. The summed E-state index contributed by atoms with van der Waals surface area (Å²) < 4.78 is 13.6. The summed E-state index contributed by atoms with van der Waals surface area (Å²) in [4.78, 5) is 10.4. The third-order valence-corrected chi connectivity index (χ3v) is 5.19. The molecule has 0 atom stereocenters. The normalized spacial score (nSPS) is 16.8. The fourth-order valence-electron chi connectivity index (χ4n) is 2.24. The summed E-state index contributed by atoms with van der Waals surface area (Å²) in [6.07, 6.45) is 5.50. The fourth-order valence-corrected chi connectivity index (χ4v) is 3.16. The molecular weight excluding hydrogens is 267 g/mol. The van der Waals surface area contributed by atoms with Crippen molar-refractivity contribution in [3.8, 4) is 0 Å². The molecule has 6 heteroatoms. The van der Waals surface area contributed by atoms with Gasteiger partial charge in [0.15, 0.2) is 0 Å². The van der Waals surface area contributed by atoms with Crippen LogP contribution in [0.2, 0.25) is 0 Å². The molecule has 0 amide bonds. The first-order valence-corrected chi connectivity index (χ1v) is 7.43. The Balaban J connectivity index is 2.19. The molecule has 0 bridgehead atoms. The van der Waals surface area contributed by atoms with Gasteiger partial charge in [0, 0.05) is 11.3 Å². The van der Waals surface area contributed by atoms with Gasteiger partial charge in [-0.15, -0.1) is 0 Å². The number of anilines is 1. The zero-order valence-electron chi connectivity index (χ0n) is 11.0. The van der Waals surface area contributed by atoms with Gasteiger partial charge >= 0.3 is 0 Å². The highest BCUT2D eigenvalue weighted by molar-refractivity contribution is 8.00. The number of rotatable bonds is 5. The van der Waals surface area contributed by atoms with Crippen molar-refractivity contribution in [2.45, 2.75) is 30.9 Å². The number of hydrogen-bond donors (Lipinski definition) is 1. The minimum absolute atomic E-state index is 0.177. The molecule has 0 heterocycles. The van der Waals surface area contributed by atoms with E-state index in [1.54, 1.807) is 18.7 Å². The van der Waals surface area contributed by atoms with Crippen molar-refractivity contribution in [2.75, 3.05) is 18.1 Å². The van der Waals surface area contributed by atoms with Crippen molar-refractivity contribution in [3.63, 3.8) is 0 Å². The predicted octanol–water partition coefficient (Wildman–Crippen LogP) is 3.74. The maximum absolute atomic E-state index is 13.4. The molecule has 2 rings (SSSR count). The highest BCUT2D eigenvalue weighted by atomic mass is 32.2. The van der Waals surface area contributed by atoms with E-state index in [2.05, 4.69) is 11.6 Å². The number of halogens is 1. The van der Waals surface area contributed by atoms with Gasteiger partial charge in [-0.1, -0.05) is 6.42 Å². The predicted molar refractivity (Wildman–Crippen MR) is 76.4 cm³/mol. The third-order valence-electron chi connectivity index (χ3n) is 3.77. The number of aryl methyl sites for hydroxylation is 1. The maximum atomic E-state index is 13.4. The molecular formula is C13H17FN2O2S. The Morgan fingerprint density at radius 3 is 2.68 bits per heavy atom. The molecule has 1 aliphatic carbocycles. The largest absolute Gasteiger partial charge is 0.378 e. The Morgan fingerprint density at radius 2 is 2.21 bits per heavy atom. The Bertz CT molecular complexity index is 498. The lowest BCUT2D eigenvalue weighted by molar-refractivity contribution is -0.384. The van der Waals surface area contributed by atoms with E-state index in [0.29, 0.717) is 17.8 Å². The molecule has 0 radical (unpaired) electrons. The van der Waals surface area contributed by atoms with E-state index < -0.39 is 10.7 Å². The average Bonchev–Trinajstić information content (AvgIpc) is 2.32. The van der Waals surface area contributed by atoms with Gasteiger partial charge in [-0.05, 0) is 37.7 Å². The van der Waals surface area contributed by atoms with E-state index in [0.717, 1.165) is 18.9 Å². The Hall–Kier alpha value is -1.30. The van der Waals surface area contributed by atoms with Crippen LogP contribution < -0.4 is 5.32 Å². The standard InChI is InChI=1S/C13H17FN2O2S/c1-9-6-11(12(16(17)18)7-10(9)14)15-8-13(19-2)4-3-5-13/h6-7,15H,3-5,8H2,1-2H3. The molecule has 0 unspecified atom stereocenters. The first kappa shape index (κ1) is 14.1. The van der Waals surface area contributed by atoms with E-state index >= 15 is 0 Å². The molecule has 1 aliphatic rings. The van der Waals surface area contributed by atoms with Crippen molar-refractivity contribution in [1.82, 2.24) is 0 Å². The molecule has 0 saturated heterocycles. The monoisotopic (exact) mass is 284 g/mol. The molecule has 104 valence electrons. The molecule has 0 spiro atoms. The topological polar surface area (TPSA) is 55.2 Å². The van der Waals surface area contributed by atoms with Crippen LogP contribution in [0.3, 0.4) is 0 Å². The minimum atomic E-state index is -0.544. The number of nitrogens with one attached hydrogen (secondary N) is 1. The van der Waals surface area contributed by atoms with E-state index in [9.17, 15) is 14.5 Å². The first-order valence-electron chi connectivity index (χ1n) is 6.21. The van der Waals surface area contributed by atoms with Crippen molar-refractivity contribution >= 4 is 23.1 Å². The summed E-state index contributed by atoms with van der Waals surface area (Å²) in [6, 6.07) is 2.50. The van der Waals surface area contributed by atoms with Gasteiger partial charge in [-0.3, -0.25) is 10.1 Å². The number of benzene rings is 1. The number of hydrogen-bond acceptors (Lipinski definition) is 4. The zero-order valence-corrected chi connectivity index (χ0v) is 11.8. The van der Waals surface area contributed by atoms with E-state index in [-0.39, 0.29) is 10.4 Å². The van der Waals surface area contributed by atoms with Crippen LogP contribution in [0.1, 0.15) is 24.8 Å². The second-order valence-corrected chi connectivity index (χ2v) is 6.24. The lowest BCUT2D eigenvalue weighted by Gasteiger charge is -2.40. The maximum Gasteiger partial charge on any atom is 0.295 e. The Morgan fingerprint density at radius 1 is 1.53 bits per heavy atom. The molecule has 1 aromatic rings. The first-order chi connectivity index (χ1) is 8.97. The zero-order chi connectivity index (χ0) is 14.0. The molecule has 1 saturated carbocycles. The van der Waals surface area contributed by atoms with Crippen molar-refractivity contribution in [2.24, 2.45) is 0 Å². The van der Waals surface area contributed by atoms with E-state index in [4.69, 9.17) is 0 Å². The van der Waals surface area contributed by atoms with Gasteiger partial charge in [0.2, 0.25) is 0 Å². The Kier molecular flexibility index (Phi) is 3.99. The summed E-state index contributed by atoms with van der Waals surface area (Å²) in [5.41, 5.74) is 0.628. The van der Waals surface area contributed by atoms with Crippen LogP contribution in [0.4, 0.5) is 15.8 Å². The van der Waals surface area contributed by atoms with Crippen LogP contribution >= 0.6 is 11.8 Å². The molecule has 1 N–H and O–H groups in total. The van der Waals surface area contributed by atoms with E-state index in [1.165, 1.54) is 12.5 Å². The molecule has 4 nitrogen and oxygen atoms in total. The summed E-state index contributed by atoms with van der Waals surface area (Å²) in [6.45, 7) is 2.29. The summed E-state index contributed by atoms with van der Waals surface area (Å²) in [5, 5.41) is 14.1. The highest BCUT2D eigenvalue weighted by Crippen LogP contribution is 2.43. The Labute approximate surface area is 115 Å². The molecule has 1 fully saturated rings. The molecule has 1 aromatic carbocycles. The number of nitrogens with zero attached hydrogens (tertiary/aromatic N) is 1. The highest BCUT2D eigenvalue weighted by Gasteiger charge is 2.36. The lowest BCUT2D eigenvalue weighted by atomic mass is 9.84. The quantitative estimate of drug-likeness (QED) is 0.661. The van der Waals surface area contributed by atoms with Crippen LogP contribution in [0, 0.1) is 22.9 Å². The minimum Gasteiger partial charge on any atom is -0.378 e. The number of nitro groups is 1. The van der Waals surface area contributed by atoms with Gasteiger partial charge in [-0.25, -0.2) is 4.39 Å². The van der Waals surface area contributed by atoms with Crippen LogP contribution in [0.25, 0.3) is 0 Å². The van der Waals surface area contributed by atoms with E-state index in [1.807, 2.05) is 0 Å². The summed E-state index contributed by atoms with van der Waals surface area (Å²) in [7, 11) is 0. The van der Waals surface area contributed by atoms with Crippen molar-refractivity contribution in [3.05, 3.63) is 33.6 Å². The second-order valence-electron chi connectivity index (χ2n) is 4.97. The second kappa shape index (κ2) is 5.36. The lowest BCUT2D eigenvalue weighted by Crippen LogP contribution is -2.40. The van der Waals surface area contributed by atoms with Crippen LogP contribution in [-0.4, -0.2) is 22.5 Å². The van der Waals surface area contributed by atoms with Gasteiger partial charge in [0.05, 0.1) is 11.0 Å². The van der Waals surface area contributed by atoms with Gasteiger partial charge in [0.25, 0.3) is 5.69 Å². The molecule has 0 aromatic heterocycles. The number of thioether (sulfide) groups is 1. The van der Waals surface area contributed by atoms with Gasteiger partial charge < -0.3 is 5.32 Å². The molecule has 19 heavy (non-hydrogen) atoms. The summed E-state index contributed by atoms with van der Waals surface area (Å²) >= 11 is 1.79. The smallest absolute Gasteiger partial charge is 0.295 e. The van der Waals surface area contributed by atoms with Crippen molar-refractivity contribution in [1.29, 1.82) is 0 Å². The number of nitro benzene ring substituents is 1. The van der Waals surface area contributed by atoms with Crippen LogP contribution in [0.15, 0.2) is 12.1 Å². The van der Waals surface area contributed by atoms with Gasteiger partial charge in [0.1, 0.15) is 11.5 Å².